The molecule has 0 radical (unpaired) electrons. The smallest absolute Gasteiger partial charge is 0.305 e. The van der Waals surface area contributed by atoms with Gasteiger partial charge in [0.1, 0.15) is 12.0 Å². The van der Waals surface area contributed by atoms with E-state index in [1.54, 1.807) is 24.3 Å². The van der Waals surface area contributed by atoms with E-state index in [1.807, 2.05) is 0 Å². The first-order valence-electron chi connectivity index (χ1n) is 6.97. The number of anilines is 4. The predicted octanol–water partition coefficient (Wildman–Crippen LogP) is 3.46. The van der Waals surface area contributed by atoms with Gasteiger partial charge in [0.2, 0.25) is 0 Å². The molecule has 2 aromatic heterocycles. The van der Waals surface area contributed by atoms with Crippen LogP contribution in [0.25, 0.3) is 0 Å². The number of hydrogen-bond acceptors (Lipinski definition) is 7. The van der Waals surface area contributed by atoms with Crippen molar-refractivity contribution in [2.45, 2.75) is 0 Å². The zero-order chi connectivity index (χ0) is 17.8. The number of rotatable bonds is 5. The standard InChI is InChI=1S/C15H12Cl2N6O2/c16-8-3-4-10(9(17)6-8)21-13-12(18)14(20-7-19-13)22-23-15(24)11-2-1-5-25-11/h1-7H,18H2,(H,23,24)(H2,19,20,21,22). The zero-order valence-corrected chi connectivity index (χ0v) is 14.1. The highest BCUT2D eigenvalue weighted by Gasteiger charge is 2.12. The van der Waals surface area contributed by atoms with Crippen molar-refractivity contribution >= 4 is 52.1 Å². The molecule has 25 heavy (non-hydrogen) atoms. The maximum absolute atomic E-state index is 11.8. The first kappa shape index (κ1) is 16.9. The maximum atomic E-state index is 11.8. The quantitative estimate of drug-likeness (QED) is 0.502. The van der Waals surface area contributed by atoms with Gasteiger partial charge in [0.15, 0.2) is 17.4 Å². The number of furan rings is 1. The van der Waals surface area contributed by atoms with Crippen LogP contribution in [-0.2, 0) is 0 Å². The third kappa shape index (κ3) is 3.93. The van der Waals surface area contributed by atoms with Crippen molar-refractivity contribution < 1.29 is 9.21 Å². The Morgan fingerprint density at radius 2 is 1.96 bits per heavy atom. The van der Waals surface area contributed by atoms with Crippen molar-refractivity contribution in [3.8, 4) is 0 Å². The summed E-state index contributed by atoms with van der Waals surface area (Å²) < 4.78 is 4.99. The molecule has 2 heterocycles. The fraction of sp³-hybridized carbons (Fsp3) is 0. The maximum Gasteiger partial charge on any atom is 0.305 e. The number of nitrogens with two attached hydrogens (primary N) is 1. The fourth-order valence-electron chi connectivity index (χ4n) is 1.90. The van der Waals surface area contributed by atoms with Crippen molar-refractivity contribution in [1.82, 2.24) is 15.4 Å². The Labute approximate surface area is 152 Å². The van der Waals surface area contributed by atoms with Crippen LogP contribution in [0.15, 0.2) is 47.3 Å². The molecule has 0 bridgehead atoms. The second-order valence-corrected chi connectivity index (χ2v) is 5.63. The van der Waals surface area contributed by atoms with E-state index < -0.39 is 5.91 Å². The lowest BCUT2D eigenvalue weighted by Gasteiger charge is -2.13. The molecule has 3 aromatic rings. The molecule has 0 fully saturated rings. The highest BCUT2D eigenvalue weighted by atomic mass is 35.5. The SMILES string of the molecule is Nc1c(NNC(=O)c2ccco2)ncnc1Nc1ccc(Cl)cc1Cl. The van der Waals surface area contributed by atoms with Gasteiger partial charge in [-0.25, -0.2) is 9.97 Å². The summed E-state index contributed by atoms with van der Waals surface area (Å²) in [6.07, 6.45) is 2.68. The minimum atomic E-state index is -0.474. The summed E-state index contributed by atoms with van der Waals surface area (Å²) in [5.41, 5.74) is 11.8. The van der Waals surface area contributed by atoms with Gasteiger partial charge in [-0.2, -0.15) is 0 Å². The number of amides is 1. The molecule has 1 aromatic carbocycles. The Morgan fingerprint density at radius 1 is 1.16 bits per heavy atom. The predicted molar refractivity (Wildman–Crippen MR) is 96.0 cm³/mol. The number of nitrogen functional groups attached to an aromatic ring is 1. The highest BCUT2D eigenvalue weighted by Crippen LogP contribution is 2.31. The lowest BCUT2D eigenvalue weighted by atomic mass is 10.3. The number of carbonyl (C=O) groups excluding carboxylic acids is 1. The summed E-state index contributed by atoms with van der Waals surface area (Å²) in [4.78, 5) is 19.9. The Hall–Kier alpha value is -2.97. The highest BCUT2D eigenvalue weighted by molar-refractivity contribution is 6.36. The van der Waals surface area contributed by atoms with E-state index in [-0.39, 0.29) is 17.3 Å². The number of aromatic nitrogens is 2. The van der Waals surface area contributed by atoms with Crippen LogP contribution < -0.4 is 21.9 Å². The van der Waals surface area contributed by atoms with Crippen LogP contribution in [0.5, 0.6) is 0 Å². The molecular weight excluding hydrogens is 367 g/mol. The fourth-order valence-corrected chi connectivity index (χ4v) is 2.35. The van der Waals surface area contributed by atoms with Crippen LogP contribution in [0.3, 0.4) is 0 Å². The van der Waals surface area contributed by atoms with Gasteiger partial charge in [-0.1, -0.05) is 23.2 Å². The Balaban J connectivity index is 1.74. The topological polar surface area (TPSA) is 118 Å². The first-order chi connectivity index (χ1) is 12.0. The van der Waals surface area contributed by atoms with Crippen molar-refractivity contribution in [3.63, 3.8) is 0 Å². The Bertz CT molecular complexity index is 901. The van der Waals surface area contributed by atoms with Crippen LogP contribution in [0, 0.1) is 0 Å². The first-order valence-corrected chi connectivity index (χ1v) is 7.72. The average molecular weight is 379 g/mol. The molecule has 8 nitrogen and oxygen atoms in total. The van der Waals surface area contributed by atoms with Crippen molar-refractivity contribution in [2.75, 3.05) is 16.5 Å². The number of hydrogen-bond donors (Lipinski definition) is 4. The lowest BCUT2D eigenvalue weighted by Crippen LogP contribution is -2.30. The summed E-state index contributed by atoms with van der Waals surface area (Å²) in [5, 5.41) is 3.90. The molecule has 0 saturated heterocycles. The average Bonchev–Trinajstić information content (AvgIpc) is 3.12. The van der Waals surface area contributed by atoms with Crippen LogP contribution in [0.4, 0.5) is 23.0 Å². The molecule has 5 N–H and O–H groups in total. The largest absolute Gasteiger partial charge is 0.459 e. The normalized spacial score (nSPS) is 10.3. The second-order valence-electron chi connectivity index (χ2n) is 4.79. The monoisotopic (exact) mass is 378 g/mol. The number of carbonyl (C=O) groups is 1. The minimum absolute atomic E-state index is 0.145. The molecule has 0 saturated carbocycles. The van der Waals surface area contributed by atoms with Gasteiger partial charge in [-0.3, -0.25) is 15.6 Å². The molecule has 0 aliphatic rings. The van der Waals surface area contributed by atoms with E-state index in [9.17, 15) is 4.79 Å². The molecule has 0 spiro atoms. The third-order valence-electron chi connectivity index (χ3n) is 3.11. The number of hydrazine groups is 1. The lowest BCUT2D eigenvalue weighted by molar-refractivity contribution is 0.0935. The molecule has 128 valence electrons. The van der Waals surface area contributed by atoms with Gasteiger partial charge >= 0.3 is 5.91 Å². The zero-order valence-electron chi connectivity index (χ0n) is 12.6. The molecular formula is C15H12Cl2N6O2. The number of benzene rings is 1. The number of nitrogens with zero attached hydrogens (tertiary/aromatic N) is 2. The van der Waals surface area contributed by atoms with E-state index in [0.29, 0.717) is 21.6 Å². The Kier molecular flexibility index (Phi) is 4.92. The van der Waals surface area contributed by atoms with E-state index in [4.69, 9.17) is 33.4 Å². The summed E-state index contributed by atoms with van der Waals surface area (Å²) >= 11 is 12.0. The molecule has 1 amide bonds. The van der Waals surface area contributed by atoms with E-state index in [2.05, 4.69) is 26.1 Å². The van der Waals surface area contributed by atoms with Gasteiger partial charge < -0.3 is 15.5 Å². The van der Waals surface area contributed by atoms with E-state index in [0.717, 1.165) is 0 Å². The van der Waals surface area contributed by atoms with Crippen LogP contribution in [-0.4, -0.2) is 15.9 Å². The minimum Gasteiger partial charge on any atom is -0.459 e. The van der Waals surface area contributed by atoms with Gasteiger partial charge in [-0.05, 0) is 30.3 Å². The van der Waals surface area contributed by atoms with Gasteiger partial charge in [-0.15, -0.1) is 0 Å². The van der Waals surface area contributed by atoms with E-state index in [1.165, 1.54) is 18.7 Å². The second kappa shape index (κ2) is 7.29. The van der Waals surface area contributed by atoms with Crippen LogP contribution in [0.2, 0.25) is 10.0 Å². The van der Waals surface area contributed by atoms with Gasteiger partial charge in [0.25, 0.3) is 0 Å². The molecule has 0 aliphatic heterocycles. The molecule has 3 rings (SSSR count). The van der Waals surface area contributed by atoms with Gasteiger partial charge in [0, 0.05) is 5.02 Å². The van der Waals surface area contributed by atoms with Crippen LogP contribution in [0.1, 0.15) is 10.6 Å². The summed E-state index contributed by atoms with van der Waals surface area (Å²) in [5.74, 6) is 0.196. The summed E-state index contributed by atoms with van der Waals surface area (Å²) in [6.45, 7) is 0. The molecule has 0 atom stereocenters. The summed E-state index contributed by atoms with van der Waals surface area (Å²) in [6, 6.07) is 8.08. The van der Waals surface area contributed by atoms with Gasteiger partial charge in [0.05, 0.1) is 17.0 Å². The van der Waals surface area contributed by atoms with E-state index >= 15 is 0 Å². The molecule has 10 heteroatoms. The number of nitrogens with one attached hydrogen (secondary N) is 3. The van der Waals surface area contributed by atoms with Crippen LogP contribution >= 0.6 is 23.2 Å². The summed E-state index contributed by atoms with van der Waals surface area (Å²) in [7, 11) is 0. The third-order valence-corrected chi connectivity index (χ3v) is 3.66. The molecule has 0 aliphatic carbocycles. The number of halogens is 2. The molecule has 0 unspecified atom stereocenters. The van der Waals surface area contributed by atoms with Crippen molar-refractivity contribution in [3.05, 3.63) is 58.7 Å². The van der Waals surface area contributed by atoms with Crippen molar-refractivity contribution in [1.29, 1.82) is 0 Å². The Morgan fingerprint density at radius 3 is 2.68 bits per heavy atom. The van der Waals surface area contributed by atoms with Crippen molar-refractivity contribution in [2.24, 2.45) is 0 Å².